The van der Waals surface area contributed by atoms with Gasteiger partial charge in [0, 0.05) is 19.6 Å². The summed E-state index contributed by atoms with van der Waals surface area (Å²) in [5.41, 5.74) is -0.0587. The van der Waals surface area contributed by atoms with Crippen molar-refractivity contribution in [3.8, 4) is 0 Å². The van der Waals surface area contributed by atoms with E-state index >= 15 is 0 Å². The monoisotopic (exact) mass is 266 g/mol. The third kappa shape index (κ3) is 3.87. The van der Waals surface area contributed by atoms with Crippen molar-refractivity contribution in [2.45, 2.75) is 13.0 Å². The average Bonchev–Trinajstić information content (AvgIpc) is 2.46. The van der Waals surface area contributed by atoms with Crippen molar-refractivity contribution in [2.24, 2.45) is 0 Å². The number of nitrogens with zero attached hydrogens (tertiary/aromatic N) is 3. The van der Waals surface area contributed by atoms with Crippen LogP contribution >= 0.6 is 0 Å². The summed E-state index contributed by atoms with van der Waals surface area (Å²) in [5, 5.41) is 11.8. The number of aromatic carboxylic acids is 1. The Kier molecular flexibility index (Phi) is 4.64. The summed E-state index contributed by atoms with van der Waals surface area (Å²) in [7, 11) is 0. The molecule has 0 saturated carbocycles. The van der Waals surface area contributed by atoms with Crippen LogP contribution in [0.4, 0.5) is 5.82 Å². The lowest BCUT2D eigenvalue weighted by Gasteiger charge is -2.32. The van der Waals surface area contributed by atoms with Gasteiger partial charge in [0.1, 0.15) is 5.82 Å². The van der Waals surface area contributed by atoms with Crippen molar-refractivity contribution in [3.63, 3.8) is 0 Å². The Hall–Kier alpha value is -1.73. The van der Waals surface area contributed by atoms with Gasteiger partial charge in [-0.25, -0.2) is 14.8 Å². The van der Waals surface area contributed by atoms with Crippen LogP contribution in [-0.4, -0.2) is 64.8 Å². The third-order valence-electron chi connectivity index (χ3n) is 3.05. The van der Waals surface area contributed by atoms with Crippen molar-refractivity contribution in [1.82, 2.24) is 14.9 Å². The predicted molar refractivity (Wildman–Crippen MR) is 69.3 cm³/mol. The Morgan fingerprint density at radius 3 is 3.05 bits per heavy atom. The minimum atomic E-state index is -1.08. The van der Waals surface area contributed by atoms with Gasteiger partial charge in [-0.2, -0.15) is 0 Å². The Morgan fingerprint density at radius 2 is 2.42 bits per heavy atom. The molecule has 1 aromatic rings. The Labute approximate surface area is 111 Å². The maximum Gasteiger partial charge on any atom is 0.356 e. The molecule has 1 aromatic heterocycles. The normalized spacial score (nSPS) is 20.2. The molecule has 0 bridgehead atoms. The molecule has 0 amide bonds. The highest BCUT2D eigenvalue weighted by molar-refractivity contribution is 5.84. The molecule has 1 fully saturated rings. The Bertz CT molecular complexity index is 423. The van der Waals surface area contributed by atoms with Crippen molar-refractivity contribution < 1.29 is 14.6 Å². The van der Waals surface area contributed by atoms with Crippen LogP contribution in [0.2, 0.25) is 0 Å². The van der Waals surface area contributed by atoms with Gasteiger partial charge in [-0.05, 0) is 6.54 Å². The first-order chi connectivity index (χ1) is 9.19. The van der Waals surface area contributed by atoms with E-state index in [9.17, 15) is 4.79 Å². The number of carboxylic acid groups (broad SMARTS) is 1. The highest BCUT2D eigenvalue weighted by Crippen LogP contribution is 2.07. The fourth-order valence-corrected chi connectivity index (χ4v) is 1.94. The molecule has 1 atom stereocenters. The minimum Gasteiger partial charge on any atom is -0.476 e. The van der Waals surface area contributed by atoms with E-state index in [0.29, 0.717) is 12.4 Å². The molecule has 2 N–H and O–H groups in total. The number of morpholine rings is 1. The van der Waals surface area contributed by atoms with E-state index in [2.05, 4.69) is 27.1 Å². The number of anilines is 1. The molecular formula is C12H18N4O3. The molecular weight excluding hydrogens is 248 g/mol. The number of rotatable bonds is 5. The number of likely N-dealkylation sites (N-methyl/N-ethyl adjacent to an activating group) is 1. The van der Waals surface area contributed by atoms with Crippen LogP contribution in [0.25, 0.3) is 0 Å². The Balaban J connectivity index is 1.83. The quantitative estimate of drug-likeness (QED) is 0.792. The fraction of sp³-hybridized carbons (Fsp3) is 0.583. The van der Waals surface area contributed by atoms with Crippen molar-refractivity contribution in [3.05, 3.63) is 18.1 Å². The van der Waals surface area contributed by atoms with Crippen LogP contribution in [0.3, 0.4) is 0 Å². The van der Waals surface area contributed by atoms with Crippen molar-refractivity contribution >= 4 is 11.8 Å². The molecule has 1 unspecified atom stereocenters. The van der Waals surface area contributed by atoms with E-state index in [1.807, 2.05) is 0 Å². The number of carboxylic acids is 1. The lowest BCUT2D eigenvalue weighted by Crippen LogP contribution is -2.45. The van der Waals surface area contributed by atoms with Crippen molar-refractivity contribution in [2.75, 3.05) is 38.1 Å². The van der Waals surface area contributed by atoms with E-state index in [-0.39, 0.29) is 11.8 Å². The second-order valence-corrected chi connectivity index (χ2v) is 4.36. The first-order valence-electron chi connectivity index (χ1n) is 6.32. The number of nitrogens with one attached hydrogen (secondary N) is 1. The van der Waals surface area contributed by atoms with Crippen LogP contribution in [0, 0.1) is 0 Å². The highest BCUT2D eigenvalue weighted by atomic mass is 16.5. The van der Waals surface area contributed by atoms with Gasteiger partial charge in [-0.3, -0.25) is 4.90 Å². The zero-order valence-electron chi connectivity index (χ0n) is 10.9. The zero-order chi connectivity index (χ0) is 13.7. The second kappa shape index (κ2) is 6.44. The van der Waals surface area contributed by atoms with Gasteiger partial charge in [0.15, 0.2) is 5.69 Å². The smallest absolute Gasteiger partial charge is 0.356 e. The van der Waals surface area contributed by atoms with Crippen LogP contribution < -0.4 is 5.32 Å². The number of ether oxygens (including phenoxy) is 1. The number of carbonyl (C=O) groups is 1. The average molecular weight is 266 g/mol. The molecule has 7 nitrogen and oxygen atoms in total. The van der Waals surface area contributed by atoms with Crippen LogP contribution in [-0.2, 0) is 4.74 Å². The topological polar surface area (TPSA) is 87.6 Å². The van der Waals surface area contributed by atoms with Crippen LogP contribution in [0.1, 0.15) is 17.4 Å². The van der Waals surface area contributed by atoms with Gasteiger partial charge in [0.25, 0.3) is 0 Å². The van der Waals surface area contributed by atoms with E-state index < -0.39 is 5.97 Å². The summed E-state index contributed by atoms with van der Waals surface area (Å²) in [5.74, 6) is -0.518. The molecule has 1 aliphatic rings. The molecule has 0 aromatic carbocycles. The SMILES string of the molecule is CCN1CCOC(CNc2cnc(C(=O)O)cn2)C1. The zero-order valence-corrected chi connectivity index (χ0v) is 10.9. The number of hydrogen-bond donors (Lipinski definition) is 2. The molecule has 1 aliphatic heterocycles. The van der Waals surface area contributed by atoms with E-state index in [4.69, 9.17) is 9.84 Å². The second-order valence-electron chi connectivity index (χ2n) is 4.36. The Morgan fingerprint density at radius 1 is 1.58 bits per heavy atom. The first kappa shape index (κ1) is 13.7. The van der Waals surface area contributed by atoms with E-state index in [0.717, 1.165) is 26.2 Å². The van der Waals surface area contributed by atoms with Crippen LogP contribution in [0.5, 0.6) is 0 Å². The molecule has 2 rings (SSSR count). The lowest BCUT2D eigenvalue weighted by atomic mass is 10.2. The van der Waals surface area contributed by atoms with Gasteiger partial charge in [0.2, 0.25) is 0 Å². The van der Waals surface area contributed by atoms with Crippen LogP contribution in [0.15, 0.2) is 12.4 Å². The molecule has 7 heteroatoms. The van der Waals surface area contributed by atoms with Crippen molar-refractivity contribution in [1.29, 1.82) is 0 Å². The van der Waals surface area contributed by atoms with E-state index in [1.54, 1.807) is 0 Å². The van der Waals surface area contributed by atoms with Gasteiger partial charge in [-0.1, -0.05) is 6.92 Å². The molecule has 0 radical (unpaired) electrons. The summed E-state index contributed by atoms with van der Waals surface area (Å²) in [6, 6.07) is 0. The molecule has 0 aliphatic carbocycles. The molecule has 1 saturated heterocycles. The largest absolute Gasteiger partial charge is 0.476 e. The predicted octanol–water partition coefficient (Wildman–Crippen LogP) is 0.307. The third-order valence-corrected chi connectivity index (χ3v) is 3.05. The summed E-state index contributed by atoms with van der Waals surface area (Å²) < 4.78 is 5.65. The maximum atomic E-state index is 10.6. The summed E-state index contributed by atoms with van der Waals surface area (Å²) in [6.07, 6.45) is 2.78. The number of hydrogen-bond acceptors (Lipinski definition) is 6. The van der Waals surface area contributed by atoms with E-state index in [1.165, 1.54) is 12.4 Å². The maximum absolute atomic E-state index is 10.6. The lowest BCUT2D eigenvalue weighted by molar-refractivity contribution is -0.0192. The summed E-state index contributed by atoms with van der Waals surface area (Å²) in [4.78, 5) is 20.8. The molecule has 2 heterocycles. The highest BCUT2D eigenvalue weighted by Gasteiger charge is 2.19. The van der Waals surface area contributed by atoms with Gasteiger partial charge < -0.3 is 15.2 Å². The van der Waals surface area contributed by atoms with Gasteiger partial charge in [-0.15, -0.1) is 0 Å². The van der Waals surface area contributed by atoms with Gasteiger partial charge in [0.05, 0.1) is 25.1 Å². The molecule has 19 heavy (non-hydrogen) atoms. The standard InChI is InChI=1S/C12H18N4O3/c1-2-16-3-4-19-9(8-16)5-14-11-7-13-10(6-15-11)12(17)18/h6-7,9H,2-5,8H2,1H3,(H,14,15)(H,17,18). The summed E-state index contributed by atoms with van der Waals surface area (Å²) in [6.45, 7) is 6.39. The molecule has 0 spiro atoms. The number of aromatic nitrogens is 2. The molecule has 104 valence electrons. The fourth-order valence-electron chi connectivity index (χ4n) is 1.94. The first-order valence-corrected chi connectivity index (χ1v) is 6.32. The minimum absolute atomic E-state index is 0.0587. The summed E-state index contributed by atoms with van der Waals surface area (Å²) >= 11 is 0. The van der Waals surface area contributed by atoms with Gasteiger partial charge >= 0.3 is 5.97 Å².